The first kappa shape index (κ1) is 11.1. The molecular weight excluding hydrogens is 224 g/mol. The van der Waals surface area contributed by atoms with Crippen LogP contribution in [0.15, 0.2) is 23.1 Å². The van der Waals surface area contributed by atoms with Gasteiger partial charge in [-0.05, 0) is 19.1 Å². The quantitative estimate of drug-likeness (QED) is 0.750. The van der Waals surface area contributed by atoms with Crippen LogP contribution in [0.25, 0.3) is 10.9 Å². The van der Waals surface area contributed by atoms with E-state index in [1.165, 1.54) is 12.3 Å². The predicted octanol–water partition coefficient (Wildman–Crippen LogP) is 0.805. The molecule has 2 rings (SSSR count). The number of hydrogen-bond acceptors (Lipinski definition) is 5. The molecule has 0 aromatic carbocycles. The Labute approximate surface area is 95.9 Å². The molecule has 0 fully saturated rings. The molecule has 0 spiro atoms. The van der Waals surface area contributed by atoms with E-state index in [1.54, 1.807) is 13.0 Å². The summed E-state index contributed by atoms with van der Waals surface area (Å²) in [6, 6.07) is 3.08. The average molecular weight is 234 g/mol. The Hall–Kier alpha value is -2.37. The van der Waals surface area contributed by atoms with Crippen LogP contribution in [0, 0.1) is 0 Å². The maximum absolute atomic E-state index is 11.6. The number of fused-ring (bicyclic) bond motifs is 1. The first-order valence-electron chi connectivity index (χ1n) is 5.02. The van der Waals surface area contributed by atoms with Gasteiger partial charge in [0.2, 0.25) is 0 Å². The van der Waals surface area contributed by atoms with Gasteiger partial charge in [0.1, 0.15) is 5.52 Å². The predicted molar refractivity (Wildman–Crippen MR) is 60.0 cm³/mol. The zero-order chi connectivity index (χ0) is 12.4. The van der Waals surface area contributed by atoms with Crippen LogP contribution in [0.2, 0.25) is 0 Å². The lowest BCUT2D eigenvalue weighted by molar-refractivity contribution is 0.0516. The fourth-order valence-electron chi connectivity index (χ4n) is 1.49. The van der Waals surface area contributed by atoms with Crippen molar-refractivity contribution in [2.75, 3.05) is 6.61 Å². The number of carbonyl (C=O) groups excluding carboxylic acids is 1. The molecule has 2 aromatic heterocycles. The van der Waals surface area contributed by atoms with Crippen molar-refractivity contribution in [1.29, 1.82) is 0 Å². The van der Waals surface area contributed by atoms with Gasteiger partial charge in [-0.2, -0.15) is 0 Å². The summed E-state index contributed by atoms with van der Waals surface area (Å²) in [5, 5.41) is 10.1. The fraction of sp³-hybridized carbons (Fsp3) is 0.182. The maximum Gasteiger partial charge on any atom is 0.358 e. The second-order valence-corrected chi connectivity index (χ2v) is 3.30. The molecule has 2 heterocycles. The Morgan fingerprint density at radius 3 is 3.06 bits per heavy atom. The highest BCUT2D eigenvalue weighted by Crippen LogP contribution is 2.23. The Kier molecular flexibility index (Phi) is 2.78. The summed E-state index contributed by atoms with van der Waals surface area (Å²) in [5.41, 5.74) is -0.711. The van der Waals surface area contributed by atoms with Crippen molar-refractivity contribution < 1.29 is 14.6 Å². The minimum atomic E-state index is -0.771. The number of aromatic hydroxyl groups is 1. The molecule has 0 bridgehead atoms. The van der Waals surface area contributed by atoms with Gasteiger partial charge in [-0.25, -0.2) is 4.79 Å². The normalized spacial score (nSPS) is 10.4. The number of ether oxygens (including phenoxy) is 1. The average Bonchev–Trinajstić information content (AvgIpc) is 2.34. The smallest absolute Gasteiger partial charge is 0.358 e. The number of hydrogen-bond donors (Lipinski definition) is 2. The third-order valence-electron chi connectivity index (χ3n) is 2.23. The zero-order valence-electron chi connectivity index (χ0n) is 9.06. The number of H-pyrrole nitrogens is 1. The van der Waals surface area contributed by atoms with Crippen LogP contribution < -0.4 is 5.56 Å². The minimum absolute atomic E-state index is 0.0815. The van der Waals surface area contributed by atoms with Gasteiger partial charge in [0.05, 0.1) is 12.0 Å². The molecule has 0 radical (unpaired) electrons. The number of aromatic nitrogens is 2. The summed E-state index contributed by atoms with van der Waals surface area (Å²) in [6.07, 6.45) is 1.43. The first-order chi connectivity index (χ1) is 8.15. The molecule has 88 valence electrons. The molecule has 0 aliphatic rings. The molecule has 0 amide bonds. The minimum Gasteiger partial charge on any atom is -0.505 e. The van der Waals surface area contributed by atoms with Crippen LogP contribution in [0.1, 0.15) is 17.4 Å². The lowest BCUT2D eigenvalue weighted by atomic mass is 10.2. The van der Waals surface area contributed by atoms with E-state index >= 15 is 0 Å². The summed E-state index contributed by atoms with van der Waals surface area (Å²) in [7, 11) is 0. The van der Waals surface area contributed by atoms with E-state index in [2.05, 4.69) is 9.97 Å². The maximum atomic E-state index is 11.6. The highest BCUT2D eigenvalue weighted by Gasteiger charge is 2.17. The molecule has 0 atom stereocenters. The highest BCUT2D eigenvalue weighted by molar-refractivity contribution is 5.97. The Morgan fingerprint density at radius 1 is 1.59 bits per heavy atom. The van der Waals surface area contributed by atoms with E-state index in [1.807, 2.05) is 0 Å². The van der Waals surface area contributed by atoms with Gasteiger partial charge >= 0.3 is 5.97 Å². The lowest BCUT2D eigenvalue weighted by Crippen LogP contribution is -2.16. The topological polar surface area (TPSA) is 92.3 Å². The molecule has 6 heteroatoms. The standard InChI is InChI=1S/C11H10N2O4/c1-2-17-11(16)8-9(14)6-4-3-5-12-7(6)10(15)13-8/h3-5,14H,2H2,1H3,(H,13,15). The number of nitrogens with one attached hydrogen (secondary N) is 1. The number of nitrogens with zero attached hydrogens (tertiary/aromatic N) is 1. The van der Waals surface area contributed by atoms with Crippen LogP contribution in [0.5, 0.6) is 5.75 Å². The van der Waals surface area contributed by atoms with E-state index in [0.717, 1.165) is 0 Å². The molecule has 0 aliphatic carbocycles. The molecule has 2 aromatic rings. The van der Waals surface area contributed by atoms with Crippen LogP contribution in [-0.2, 0) is 4.74 Å². The lowest BCUT2D eigenvalue weighted by Gasteiger charge is -2.06. The highest BCUT2D eigenvalue weighted by atomic mass is 16.5. The second-order valence-electron chi connectivity index (χ2n) is 3.30. The van der Waals surface area contributed by atoms with Gasteiger partial charge in [0.25, 0.3) is 5.56 Å². The van der Waals surface area contributed by atoms with E-state index in [0.29, 0.717) is 0 Å². The van der Waals surface area contributed by atoms with Gasteiger partial charge in [0.15, 0.2) is 11.4 Å². The molecule has 0 unspecified atom stereocenters. The van der Waals surface area contributed by atoms with E-state index in [-0.39, 0.29) is 29.0 Å². The van der Waals surface area contributed by atoms with Crippen molar-refractivity contribution in [2.24, 2.45) is 0 Å². The number of carbonyl (C=O) groups is 1. The SMILES string of the molecule is CCOC(=O)c1[nH]c(=O)c2ncccc2c1O. The van der Waals surface area contributed by atoms with Crippen molar-refractivity contribution >= 4 is 16.9 Å². The molecule has 17 heavy (non-hydrogen) atoms. The molecule has 0 aliphatic heterocycles. The molecule has 0 saturated heterocycles. The van der Waals surface area contributed by atoms with E-state index in [9.17, 15) is 14.7 Å². The summed E-state index contributed by atoms with van der Waals surface area (Å²) in [5.74, 6) is -1.10. The van der Waals surface area contributed by atoms with Crippen molar-refractivity contribution in [3.8, 4) is 5.75 Å². The van der Waals surface area contributed by atoms with Gasteiger partial charge < -0.3 is 14.8 Å². The monoisotopic (exact) mass is 234 g/mol. The number of esters is 1. The Morgan fingerprint density at radius 2 is 2.35 bits per heavy atom. The van der Waals surface area contributed by atoms with Crippen LogP contribution in [-0.4, -0.2) is 27.7 Å². The van der Waals surface area contributed by atoms with Crippen LogP contribution in [0.3, 0.4) is 0 Å². The molecule has 2 N–H and O–H groups in total. The molecule has 0 saturated carbocycles. The molecular formula is C11H10N2O4. The summed E-state index contributed by atoms with van der Waals surface area (Å²) < 4.78 is 4.72. The van der Waals surface area contributed by atoms with Gasteiger partial charge in [-0.3, -0.25) is 9.78 Å². The number of aromatic amines is 1. The van der Waals surface area contributed by atoms with E-state index < -0.39 is 11.5 Å². The largest absolute Gasteiger partial charge is 0.505 e. The van der Waals surface area contributed by atoms with Crippen molar-refractivity contribution in [3.05, 3.63) is 34.4 Å². The third kappa shape index (κ3) is 1.84. The van der Waals surface area contributed by atoms with E-state index in [4.69, 9.17) is 4.74 Å². The van der Waals surface area contributed by atoms with Crippen LogP contribution >= 0.6 is 0 Å². The van der Waals surface area contributed by atoms with Crippen LogP contribution in [0.4, 0.5) is 0 Å². The fourth-order valence-corrected chi connectivity index (χ4v) is 1.49. The zero-order valence-corrected chi connectivity index (χ0v) is 9.06. The summed E-state index contributed by atoms with van der Waals surface area (Å²) in [6.45, 7) is 1.79. The van der Waals surface area contributed by atoms with Crippen molar-refractivity contribution in [3.63, 3.8) is 0 Å². The van der Waals surface area contributed by atoms with Crippen molar-refractivity contribution in [2.45, 2.75) is 6.92 Å². The van der Waals surface area contributed by atoms with Gasteiger partial charge in [-0.15, -0.1) is 0 Å². The number of rotatable bonds is 2. The summed E-state index contributed by atoms with van der Waals surface area (Å²) in [4.78, 5) is 29.2. The van der Waals surface area contributed by atoms with Crippen molar-refractivity contribution in [1.82, 2.24) is 9.97 Å². The molecule has 6 nitrogen and oxygen atoms in total. The number of pyridine rings is 2. The Balaban J connectivity index is 2.71. The third-order valence-corrected chi connectivity index (χ3v) is 2.23. The van der Waals surface area contributed by atoms with Gasteiger partial charge in [-0.1, -0.05) is 0 Å². The second kappa shape index (κ2) is 4.25. The Bertz CT molecular complexity index is 633. The summed E-state index contributed by atoms with van der Waals surface area (Å²) >= 11 is 0. The van der Waals surface area contributed by atoms with Gasteiger partial charge in [0, 0.05) is 6.20 Å². The first-order valence-corrected chi connectivity index (χ1v) is 5.02.